The maximum atomic E-state index is 6.02. The Bertz CT molecular complexity index is 673. The van der Waals surface area contributed by atoms with Gasteiger partial charge in [0.25, 0.3) is 0 Å². The lowest BCUT2D eigenvalue weighted by molar-refractivity contribution is 0.746. The van der Waals surface area contributed by atoms with Crippen molar-refractivity contribution in [3.63, 3.8) is 0 Å². The molecule has 0 unspecified atom stereocenters. The van der Waals surface area contributed by atoms with Crippen LogP contribution in [0.4, 0.5) is 0 Å². The van der Waals surface area contributed by atoms with Crippen molar-refractivity contribution >= 4 is 34.3 Å². The topological polar surface area (TPSA) is 0 Å². The summed E-state index contributed by atoms with van der Waals surface area (Å²) in [5, 5.41) is 1.57. The average Bonchev–Trinajstić information content (AvgIpc) is 3.10. The molecular weight excluding hydrogens is 299 g/mol. The molecule has 2 bridgehead atoms. The Kier molecular flexibility index (Phi) is 3.17. The Morgan fingerprint density at radius 3 is 1.38 bits per heavy atom. The van der Waals surface area contributed by atoms with Gasteiger partial charge in [-0.2, -0.15) is 0 Å². The molecule has 0 amide bonds. The second kappa shape index (κ2) is 5.05. The van der Waals surface area contributed by atoms with Crippen LogP contribution in [-0.4, -0.2) is 0 Å². The van der Waals surface area contributed by atoms with Crippen molar-refractivity contribution in [1.82, 2.24) is 0 Å². The maximum Gasteiger partial charge on any atom is 0.0406 e. The van der Waals surface area contributed by atoms with Crippen molar-refractivity contribution in [3.8, 4) is 0 Å². The van der Waals surface area contributed by atoms with Gasteiger partial charge in [0.1, 0.15) is 0 Å². The average molecular weight is 313 g/mol. The van der Waals surface area contributed by atoms with Crippen LogP contribution in [0.15, 0.2) is 60.7 Å². The molecule has 2 aliphatic rings. The van der Waals surface area contributed by atoms with Crippen LogP contribution >= 0.6 is 23.2 Å². The van der Waals surface area contributed by atoms with Crippen LogP contribution in [0.3, 0.4) is 0 Å². The smallest absolute Gasteiger partial charge is 0.0406 e. The molecule has 104 valence electrons. The molecule has 0 nitrogen and oxygen atoms in total. The minimum atomic E-state index is 0.529. The molecule has 2 aromatic carbocycles. The van der Waals surface area contributed by atoms with Crippen molar-refractivity contribution in [3.05, 3.63) is 81.9 Å². The lowest BCUT2D eigenvalue weighted by atomic mass is 9.87. The van der Waals surface area contributed by atoms with Crippen molar-refractivity contribution in [2.45, 2.75) is 6.42 Å². The highest BCUT2D eigenvalue weighted by atomic mass is 35.5. The molecule has 0 radical (unpaired) electrons. The third kappa shape index (κ3) is 2.23. The van der Waals surface area contributed by atoms with Gasteiger partial charge in [-0.1, -0.05) is 59.6 Å². The fourth-order valence-electron chi connectivity index (χ4n) is 3.52. The first-order valence-corrected chi connectivity index (χ1v) is 7.92. The second-order valence-electron chi connectivity index (χ2n) is 5.67. The molecule has 0 saturated carbocycles. The normalized spacial score (nSPS) is 23.1. The molecule has 0 aromatic heterocycles. The predicted octanol–water partition coefficient (Wildman–Crippen LogP) is 6.11. The standard InChI is InChI=1S/C19H14Cl2/c20-16-7-3-12(4-8-16)18-14-1-2-15(11-14)19(18)13-5-9-17(21)10-6-13/h1-10,14-15H,11H2/t14-,15+. The van der Waals surface area contributed by atoms with Crippen LogP contribution in [0.1, 0.15) is 17.5 Å². The van der Waals surface area contributed by atoms with Crippen LogP contribution in [0.2, 0.25) is 10.0 Å². The summed E-state index contributed by atoms with van der Waals surface area (Å²) in [4.78, 5) is 0. The first-order chi connectivity index (χ1) is 10.2. The molecule has 4 rings (SSSR count). The van der Waals surface area contributed by atoms with E-state index < -0.39 is 0 Å². The monoisotopic (exact) mass is 312 g/mol. The Morgan fingerprint density at radius 1 is 0.619 bits per heavy atom. The Balaban J connectivity index is 1.87. The molecule has 0 spiro atoms. The van der Waals surface area contributed by atoms with Crippen LogP contribution in [0.5, 0.6) is 0 Å². The fourth-order valence-corrected chi connectivity index (χ4v) is 3.78. The minimum absolute atomic E-state index is 0.529. The molecule has 0 aliphatic heterocycles. The van der Waals surface area contributed by atoms with Gasteiger partial charge in [-0.15, -0.1) is 0 Å². The summed E-state index contributed by atoms with van der Waals surface area (Å²) in [6.45, 7) is 0. The predicted molar refractivity (Wildman–Crippen MR) is 90.5 cm³/mol. The van der Waals surface area contributed by atoms with Gasteiger partial charge in [0.05, 0.1) is 0 Å². The van der Waals surface area contributed by atoms with Gasteiger partial charge in [0, 0.05) is 21.9 Å². The molecule has 2 heteroatoms. The lowest BCUT2D eigenvalue weighted by Gasteiger charge is -2.17. The molecule has 21 heavy (non-hydrogen) atoms. The van der Waals surface area contributed by atoms with Gasteiger partial charge in [-0.25, -0.2) is 0 Å². The van der Waals surface area contributed by atoms with Gasteiger partial charge in [0.2, 0.25) is 0 Å². The first-order valence-electron chi connectivity index (χ1n) is 7.16. The molecule has 0 heterocycles. The summed E-state index contributed by atoms with van der Waals surface area (Å²) in [5.74, 6) is 1.06. The van der Waals surface area contributed by atoms with Gasteiger partial charge < -0.3 is 0 Å². The molecule has 0 N–H and O–H groups in total. The van der Waals surface area contributed by atoms with E-state index in [9.17, 15) is 0 Å². The SMILES string of the molecule is Clc1ccc(C2=C(c3ccc(Cl)cc3)[C@H]3C=C[C@@H]2C3)cc1. The summed E-state index contributed by atoms with van der Waals surface area (Å²) in [5.41, 5.74) is 5.45. The van der Waals surface area contributed by atoms with Gasteiger partial charge >= 0.3 is 0 Å². The Morgan fingerprint density at radius 2 is 1.00 bits per heavy atom. The van der Waals surface area contributed by atoms with Crippen molar-refractivity contribution in [1.29, 1.82) is 0 Å². The van der Waals surface area contributed by atoms with E-state index in [0.717, 1.165) is 10.0 Å². The number of allylic oxidation sites excluding steroid dienone is 4. The molecule has 0 fully saturated rings. The Hall–Kier alpha value is -1.50. The summed E-state index contributed by atoms with van der Waals surface area (Å²) >= 11 is 12.0. The number of hydrogen-bond acceptors (Lipinski definition) is 0. The minimum Gasteiger partial charge on any atom is -0.0843 e. The summed E-state index contributed by atoms with van der Waals surface area (Å²) in [6.07, 6.45) is 5.87. The fraction of sp³-hybridized carbons (Fsp3) is 0.158. The number of fused-ring (bicyclic) bond motifs is 2. The zero-order valence-electron chi connectivity index (χ0n) is 11.4. The van der Waals surface area contributed by atoms with Crippen molar-refractivity contribution in [2.75, 3.05) is 0 Å². The Labute approximate surface area is 134 Å². The van der Waals surface area contributed by atoms with Gasteiger partial charge in [-0.3, -0.25) is 0 Å². The van der Waals surface area contributed by atoms with E-state index in [-0.39, 0.29) is 0 Å². The van der Waals surface area contributed by atoms with Crippen LogP contribution in [-0.2, 0) is 0 Å². The second-order valence-corrected chi connectivity index (χ2v) is 6.55. The zero-order valence-corrected chi connectivity index (χ0v) is 12.9. The number of benzene rings is 2. The lowest BCUT2D eigenvalue weighted by Crippen LogP contribution is -1.98. The molecule has 2 atom stereocenters. The largest absolute Gasteiger partial charge is 0.0843 e. The van der Waals surface area contributed by atoms with Crippen molar-refractivity contribution < 1.29 is 0 Å². The van der Waals surface area contributed by atoms with Gasteiger partial charge in [-0.05, 0) is 53.0 Å². The van der Waals surface area contributed by atoms with Crippen LogP contribution in [0.25, 0.3) is 11.1 Å². The van der Waals surface area contributed by atoms with E-state index in [2.05, 4.69) is 36.4 Å². The molecule has 2 aliphatic carbocycles. The van der Waals surface area contributed by atoms with E-state index in [4.69, 9.17) is 23.2 Å². The molecular formula is C19H14Cl2. The van der Waals surface area contributed by atoms with Crippen LogP contribution in [0, 0.1) is 11.8 Å². The number of hydrogen-bond donors (Lipinski definition) is 0. The van der Waals surface area contributed by atoms with E-state index in [1.165, 1.54) is 28.7 Å². The highest BCUT2D eigenvalue weighted by Gasteiger charge is 2.36. The highest BCUT2D eigenvalue weighted by molar-refractivity contribution is 6.31. The number of halogens is 2. The quantitative estimate of drug-likeness (QED) is 0.587. The summed E-state index contributed by atoms with van der Waals surface area (Å²) in [7, 11) is 0. The van der Waals surface area contributed by atoms with Crippen molar-refractivity contribution in [2.24, 2.45) is 11.8 Å². The third-order valence-electron chi connectivity index (χ3n) is 4.43. The molecule has 0 saturated heterocycles. The maximum absolute atomic E-state index is 6.02. The van der Waals surface area contributed by atoms with E-state index in [1.54, 1.807) is 0 Å². The summed E-state index contributed by atoms with van der Waals surface area (Å²) < 4.78 is 0. The van der Waals surface area contributed by atoms with E-state index >= 15 is 0 Å². The van der Waals surface area contributed by atoms with E-state index in [0.29, 0.717) is 11.8 Å². The van der Waals surface area contributed by atoms with E-state index in [1.807, 2.05) is 24.3 Å². The third-order valence-corrected chi connectivity index (χ3v) is 4.93. The number of rotatable bonds is 2. The van der Waals surface area contributed by atoms with Crippen LogP contribution < -0.4 is 0 Å². The molecule has 2 aromatic rings. The van der Waals surface area contributed by atoms with Gasteiger partial charge in [0.15, 0.2) is 0 Å². The highest BCUT2D eigenvalue weighted by Crippen LogP contribution is 2.52. The first kappa shape index (κ1) is 13.2. The zero-order chi connectivity index (χ0) is 14.4. The summed E-state index contributed by atoms with van der Waals surface area (Å²) in [6, 6.07) is 16.4.